The maximum absolute atomic E-state index is 10.8. The Kier molecular flexibility index (Phi) is 11.4. The number of hydrogen-bond acceptors (Lipinski definition) is 3. The summed E-state index contributed by atoms with van der Waals surface area (Å²) >= 11 is 0. The minimum absolute atomic E-state index is 0.615. The zero-order chi connectivity index (χ0) is 16.2. The van der Waals surface area contributed by atoms with Gasteiger partial charge in [0.05, 0.1) is 0 Å². The minimum Gasteiger partial charge on any atom is -0.365 e. The van der Waals surface area contributed by atoms with Gasteiger partial charge in [0.1, 0.15) is 0 Å². The van der Waals surface area contributed by atoms with Gasteiger partial charge in [-0.3, -0.25) is 0 Å². The van der Waals surface area contributed by atoms with Crippen LogP contribution in [0.25, 0.3) is 0 Å². The Labute approximate surface area is 132 Å². The molecule has 0 aromatic heterocycles. The second-order valence-corrected chi connectivity index (χ2v) is 6.41. The van der Waals surface area contributed by atoms with Crippen LogP contribution in [-0.4, -0.2) is 21.8 Å². The number of hydrogen-bond donors (Lipinski definition) is 2. The van der Waals surface area contributed by atoms with E-state index in [1.807, 2.05) is 0 Å². The highest BCUT2D eigenvalue weighted by atomic mass is 16.7. The molecule has 0 radical (unpaired) electrons. The van der Waals surface area contributed by atoms with E-state index >= 15 is 0 Å². The van der Waals surface area contributed by atoms with Crippen LogP contribution in [0.4, 0.5) is 0 Å². The van der Waals surface area contributed by atoms with Gasteiger partial charge in [0.2, 0.25) is 0 Å². The normalized spacial score (nSPS) is 12.9. The Bertz CT molecular complexity index is 201. The van der Waals surface area contributed by atoms with Gasteiger partial charge in [-0.2, -0.15) is 0 Å². The molecule has 0 saturated carbocycles. The van der Waals surface area contributed by atoms with E-state index in [9.17, 15) is 10.2 Å². The van der Waals surface area contributed by atoms with Gasteiger partial charge in [0.15, 0.2) is 11.6 Å². The SMILES string of the molecule is CCCCC(O)(CCCC)OC(O)(CCCC)CCCC. The van der Waals surface area contributed by atoms with E-state index in [2.05, 4.69) is 27.7 Å². The number of aliphatic hydroxyl groups is 2. The van der Waals surface area contributed by atoms with Crippen molar-refractivity contribution >= 4 is 0 Å². The molecule has 21 heavy (non-hydrogen) atoms. The fourth-order valence-corrected chi connectivity index (χ4v) is 2.62. The lowest BCUT2D eigenvalue weighted by Gasteiger charge is -2.38. The molecule has 3 heteroatoms. The standard InChI is InChI=1S/C18H38O3/c1-5-9-13-17(19,14-10-6-2)21-18(20,15-11-7-3)16-12-8-4/h19-20H,5-16H2,1-4H3. The van der Waals surface area contributed by atoms with Crippen LogP contribution in [0.2, 0.25) is 0 Å². The molecule has 0 atom stereocenters. The predicted molar refractivity (Wildman–Crippen MR) is 89.1 cm³/mol. The van der Waals surface area contributed by atoms with Gasteiger partial charge in [-0.05, 0) is 25.7 Å². The van der Waals surface area contributed by atoms with Crippen molar-refractivity contribution in [1.82, 2.24) is 0 Å². The lowest BCUT2D eigenvalue weighted by Crippen LogP contribution is -2.45. The smallest absolute Gasteiger partial charge is 0.168 e. The van der Waals surface area contributed by atoms with Crippen molar-refractivity contribution in [2.24, 2.45) is 0 Å². The van der Waals surface area contributed by atoms with Crippen molar-refractivity contribution < 1.29 is 14.9 Å². The maximum Gasteiger partial charge on any atom is 0.168 e. The maximum atomic E-state index is 10.8. The summed E-state index contributed by atoms with van der Waals surface area (Å²) in [4.78, 5) is 0. The topological polar surface area (TPSA) is 49.7 Å². The summed E-state index contributed by atoms with van der Waals surface area (Å²) in [7, 11) is 0. The van der Waals surface area contributed by atoms with Crippen LogP contribution in [0.5, 0.6) is 0 Å². The summed E-state index contributed by atoms with van der Waals surface area (Å²) in [6.45, 7) is 8.45. The van der Waals surface area contributed by atoms with Crippen molar-refractivity contribution in [1.29, 1.82) is 0 Å². The van der Waals surface area contributed by atoms with E-state index in [1.54, 1.807) is 0 Å². The van der Waals surface area contributed by atoms with Crippen molar-refractivity contribution in [3.8, 4) is 0 Å². The summed E-state index contributed by atoms with van der Waals surface area (Å²) in [5.74, 6) is -2.33. The van der Waals surface area contributed by atoms with Crippen molar-refractivity contribution in [2.45, 2.75) is 116 Å². The lowest BCUT2D eigenvalue weighted by atomic mass is 9.98. The van der Waals surface area contributed by atoms with Crippen LogP contribution in [0.15, 0.2) is 0 Å². The third-order valence-corrected chi connectivity index (χ3v) is 4.06. The van der Waals surface area contributed by atoms with Crippen LogP contribution in [0.1, 0.15) is 105 Å². The zero-order valence-electron chi connectivity index (χ0n) is 14.8. The monoisotopic (exact) mass is 302 g/mol. The molecule has 2 N–H and O–H groups in total. The second kappa shape index (κ2) is 11.4. The summed E-state index contributed by atoms with van der Waals surface area (Å²) < 4.78 is 5.94. The Morgan fingerprint density at radius 1 is 0.571 bits per heavy atom. The van der Waals surface area contributed by atoms with E-state index in [0.717, 1.165) is 51.4 Å². The average Bonchev–Trinajstić information content (AvgIpc) is 2.47. The van der Waals surface area contributed by atoms with Crippen molar-refractivity contribution in [3.05, 3.63) is 0 Å². The molecule has 128 valence electrons. The molecule has 0 amide bonds. The van der Waals surface area contributed by atoms with Crippen LogP contribution in [0.3, 0.4) is 0 Å². The van der Waals surface area contributed by atoms with E-state index in [4.69, 9.17) is 4.74 Å². The van der Waals surface area contributed by atoms with Crippen LogP contribution in [0, 0.1) is 0 Å². The molecule has 0 aliphatic rings. The molecule has 0 rings (SSSR count). The lowest BCUT2D eigenvalue weighted by molar-refractivity contribution is -0.342. The molecular formula is C18H38O3. The Morgan fingerprint density at radius 2 is 0.810 bits per heavy atom. The van der Waals surface area contributed by atoms with E-state index in [-0.39, 0.29) is 0 Å². The highest BCUT2D eigenvalue weighted by molar-refractivity contribution is 4.76. The zero-order valence-corrected chi connectivity index (χ0v) is 14.8. The van der Waals surface area contributed by atoms with Gasteiger partial charge in [-0.25, -0.2) is 0 Å². The summed E-state index contributed by atoms with van der Waals surface area (Å²) in [5.41, 5.74) is 0. The Morgan fingerprint density at radius 3 is 1.00 bits per heavy atom. The molecular weight excluding hydrogens is 264 g/mol. The fourth-order valence-electron chi connectivity index (χ4n) is 2.62. The van der Waals surface area contributed by atoms with Crippen molar-refractivity contribution in [2.75, 3.05) is 0 Å². The van der Waals surface area contributed by atoms with Crippen LogP contribution < -0.4 is 0 Å². The van der Waals surface area contributed by atoms with Gasteiger partial charge < -0.3 is 14.9 Å². The molecule has 0 saturated heterocycles. The third-order valence-electron chi connectivity index (χ3n) is 4.06. The van der Waals surface area contributed by atoms with Crippen LogP contribution in [-0.2, 0) is 4.74 Å². The van der Waals surface area contributed by atoms with E-state index in [0.29, 0.717) is 25.7 Å². The molecule has 0 unspecified atom stereocenters. The number of unbranched alkanes of at least 4 members (excludes halogenated alkanes) is 4. The Balaban J connectivity index is 4.80. The molecule has 3 nitrogen and oxygen atoms in total. The number of ether oxygens (including phenoxy) is 1. The molecule has 0 bridgehead atoms. The summed E-state index contributed by atoms with van der Waals surface area (Å²) in [5, 5.41) is 21.7. The van der Waals surface area contributed by atoms with Crippen molar-refractivity contribution in [3.63, 3.8) is 0 Å². The highest BCUT2D eigenvalue weighted by Gasteiger charge is 2.38. The quantitative estimate of drug-likeness (QED) is 0.437. The summed E-state index contributed by atoms with van der Waals surface area (Å²) in [6, 6.07) is 0. The average molecular weight is 302 g/mol. The molecule has 0 fully saturated rings. The predicted octanol–water partition coefficient (Wildman–Crippen LogP) is 5.14. The molecule has 0 spiro atoms. The van der Waals surface area contributed by atoms with Gasteiger partial charge in [0, 0.05) is 25.7 Å². The number of rotatable bonds is 14. The highest BCUT2D eigenvalue weighted by Crippen LogP contribution is 2.33. The third kappa shape index (κ3) is 9.49. The van der Waals surface area contributed by atoms with Crippen LogP contribution >= 0.6 is 0 Å². The minimum atomic E-state index is -1.16. The first-order valence-electron chi connectivity index (χ1n) is 9.10. The van der Waals surface area contributed by atoms with E-state index in [1.165, 1.54) is 0 Å². The van der Waals surface area contributed by atoms with Gasteiger partial charge in [0.25, 0.3) is 0 Å². The molecule has 0 heterocycles. The molecule has 0 aromatic rings. The summed E-state index contributed by atoms with van der Waals surface area (Å²) in [6.07, 6.45) is 10.3. The fraction of sp³-hybridized carbons (Fsp3) is 1.00. The second-order valence-electron chi connectivity index (χ2n) is 6.41. The molecule has 0 aliphatic heterocycles. The van der Waals surface area contributed by atoms with Gasteiger partial charge in [-0.15, -0.1) is 0 Å². The molecule has 0 aromatic carbocycles. The van der Waals surface area contributed by atoms with Gasteiger partial charge in [-0.1, -0.05) is 53.4 Å². The first kappa shape index (κ1) is 20.9. The largest absolute Gasteiger partial charge is 0.365 e. The van der Waals surface area contributed by atoms with Gasteiger partial charge >= 0.3 is 0 Å². The Hall–Kier alpha value is -0.120. The first-order chi connectivity index (χ1) is 9.95. The molecule has 0 aliphatic carbocycles. The first-order valence-corrected chi connectivity index (χ1v) is 9.10. The van der Waals surface area contributed by atoms with E-state index < -0.39 is 11.6 Å².